The fourth-order valence-corrected chi connectivity index (χ4v) is 8.14. The molecule has 0 heterocycles. The molecule has 54 heavy (non-hydrogen) atoms. The van der Waals surface area contributed by atoms with Crippen molar-refractivity contribution in [3.8, 4) is 0 Å². The van der Waals surface area contributed by atoms with E-state index in [1.807, 2.05) is 53.9 Å². The summed E-state index contributed by atoms with van der Waals surface area (Å²) in [5, 5.41) is 0. The summed E-state index contributed by atoms with van der Waals surface area (Å²) >= 11 is 0. The molecule has 7 heteroatoms. The lowest BCUT2D eigenvalue weighted by Gasteiger charge is -2.46. The predicted molar refractivity (Wildman–Crippen MR) is 227 cm³/mol. The quantitative estimate of drug-likeness (QED) is 0.0446. The number of rotatable bonds is 28. The van der Waals surface area contributed by atoms with Crippen molar-refractivity contribution in [2.24, 2.45) is 38.9 Å². The monoisotopic (exact) mass is 758 g/mol. The van der Waals surface area contributed by atoms with Crippen LogP contribution in [0.25, 0.3) is 0 Å². The first-order valence-corrected chi connectivity index (χ1v) is 20.7. The Morgan fingerprint density at radius 3 is 1.91 bits per heavy atom. The Bertz CT molecular complexity index is 1240. The van der Waals surface area contributed by atoms with Crippen LogP contribution >= 0.6 is 0 Å². The first-order valence-electron chi connectivity index (χ1n) is 20.7. The van der Waals surface area contributed by atoms with E-state index < -0.39 is 22.3 Å². The van der Waals surface area contributed by atoms with Crippen molar-refractivity contribution in [3.63, 3.8) is 0 Å². The van der Waals surface area contributed by atoms with E-state index in [9.17, 15) is 14.4 Å². The molecular weight excluding hydrogens is 675 g/mol. The standard InChI is InChI=1S/C47H83NO6/c1-18-26-47(15,35-46(14,21-4)42(51)53-31-24-28-45(13,20-3)33-37(7)8)40(54-39(49)25-22-29-48(16)17)38(19-2)34-44(11,12)41(50)52-30-23-27-43(9,10)32-36(5)6/h21,23-24,27-28,36,38,40H,4,7,18-20,22,25-26,29-35H2,1-3,5-6,8-17H3. The lowest BCUT2D eigenvalue weighted by Crippen LogP contribution is -2.47. The normalized spacial score (nSPS) is 17.1. The van der Waals surface area contributed by atoms with Gasteiger partial charge in [-0.2, -0.15) is 0 Å². The molecule has 5 atom stereocenters. The van der Waals surface area contributed by atoms with Crippen molar-refractivity contribution in [2.75, 3.05) is 33.9 Å². The van der Waals surface area contributed by atoms with Gasteiger partial charge < -0.3 is 19.1 Å². The molecule has 0 saturated heterocycles. The van der Waals surface area contributed by atoms with Crippen LogP contribution in [-0.2, 0) is 28.6 Å². The van der Waals surface area contributed by atoms with Gasteiger partial charge in [0.25, 0.3) is 0 Å². The van der Waals surface area contributed by atoms with Crippen molar-refractivity contribution >= 4 is 17.9 Å². The van der Waals surface area contributed by atoms with E-state index in [4.69, 9.17) is 14.2 Å². The third-order valence-corrected chi connectivity index (χ3v) is 10.9. The molecule has 0 spiro atoms. The van der Waals surface area contributed by atoms with Crippen LogP contribution < -0.4 is 0 Å². The van der Waals surface area contributed by atoms with E-state index in [2.05, 4.69) is 92.5 Å². The van der Waals surface area contributed by atoms with E-state index >= 15 is 0 Å². The molecular formula is C47H83NO6. The first kappa shape index (κ1) is 51.3. The lowest BCUT2D eigenvalue weighted by molar-refractivity contribution is -0.169. The highest BCUT2D eigenvalue weighted by Gasteiger charge is 2.49. The summed E-state index contributed by atoms with van der Waals surface area (Å²) < 4.78 is 18.2. The molecule has 0 aliphatic carbocycles. The highest BCUT2D eigenvalue weighted by atomic mass is 16.5. The largest absolute Gasteiger partial charge is 0.461 e. The van der Waals surface area contributed by atoms with Gasteiger partial charge in [0.05, 0.1) is 10.8 Å². The van der Waals surface area contributed by atoms with E-state index in [0.717, 1.165) is 37.8 Å². The second-order valence-electron chi connectivity index (χ2n) is 19.0. The van der Waals surface area contributed by atoms with Gasteiger partial charge in [-0.05, 0) is 122 Å². The maximum atomic E-state index is 13.9. The molecule has 7 nitrogen and oxygen atoms in total. The Kier molecular flexibility index (Phi) is 22.3. The molecule has 0 aromatic rings. The Balaban J connectivity index is 6.51. The second-order valence-corrected chi connectivity index (χ2v) is 19.0. The van der Waals surface area contributed by atoms with Crippen LogP contribution in [0.4, 0.5) is 0 Å². The van der Waals surface area contributed by atoms with E-state index in [1.54, 1.807) is 6.08 Å². The van der Waals surface area contributed by atoms with Crippen LogP contribution in [0.3, 0.4) is 0 Å². The minimum absolute atomic E-state index is 0.0148. The number of hydrogen-bond donors (Lipinski definition) is 0. The molecule has 312 valence electrons. The number of allylic oxidation sites excluding steroid dienone is 3. The van der Waals surface area contributed by atoms with Crippen molar-refractivity contribution in [3.05, 3.63) is 49.1 Å². The Morgan fingerprint density at radius 1 is 0.852 bits per heavy atom. The number of ether oxygens (including phenoxy) is 3. The zero-order chi connectivity index (χ0) is 42.0. The zero-order valence-corrected chi connectivity index (χ0v) is 37.6. The number of carbonyl (C=O) groups excluding carboxylic acids is 3. The van der Waals surface area contributed by atoms with E-state index in [0.29, 0.717) is 38.0 Å². The van der Waals surface area contributed by atoms with Crippen LogP contribution in [0.5, 0.6) is 0 Å². The topological polar surface area (TPSA) is 82.1 Å². The highest BCUT2D eigenvalue weighted by molar-refractivity contribution is 5.79. The number of hydrogen-bond acceptors (Lipinski definition) is 7. The van der Waals surface area contributed by atoms with Gasteiger partial charge >= 0.3 is 17.9 Å². The van der Waals surface area contributed by atoms with Gasteiger partial charge in [0.2, 0.25) is 0 Å². The summed E-state index contributed by atoms with van der Waals surface area (Å²) in [7, 11) is 3.97. The summed E-state index contributed by atoms with van der Waals surface area (Å²) in [6, 6.07) is 0. The maximum Gasteiger partial charge on any atom is 0.315 e. The minimum Gasteiger partial charge on any atom is -0.461 e. The van der Waals surface area contributed by atoms with Gasteiger partial charge in [0.15, 0.2) is 0 Å². The molecule has 0 fully saturated rings. The third-order valence-electron chi connectivity index (χ3n) is 10.9. The SMILES string of the molecule is C=CC(C)(CC(C)(CCC)C(OC(=O)CCCN(C)C)C(CC)CC(C)(C)C(=O)OCC=CC(C)(C)CC(C)C)C(=O)OCC=CC(C)(CC)CC(=C)C. The fourth-order valence-electron chi connectivity index (χ4n) is 8.14. The van der Waals surface area contributed by atoms with Gasteiger partial charge in [-0.15, -0.1) is 13.2 Å². The van der Waals surface area contributed by atoms with Crippen molar-refractivity contribution in [1.82, 2.24) is 4.90 Å². The van der Waals surface area contributed by atoms with Crippen LogP contribution in [-0.4, -0.2) is 62.8 Å². The predicted octanol–water partition coefficient (Wildman–Crippen LogP) is 11.7. The molecule has 5 unspecified atom stereocenters. The van der Waals surface area contributed by atoms with Gasteiger partial charge in [0, 0.05) is 11.8 Å². The summed E-state index contributed by atoms with van der Waals surface area (Å²) in [6.07, 6.45) is 16.1. The molecule has 0 aliphatic heterocycles. The summed E-state index contributed by atoms with van der Waals surface area (Å²) in [5.41, 5.74) is -1.43. The van der Waals surface area contributed by atoms with Gasteiger partial charge in [-0.25, -0.2) is 0 Å². The minimum atomic E-state index is -1.04. The van der Waals surface area contributed by atoms with Crippen LogP contribution in [0.2, 0.25) is 0 Å². The van der Waals surface area contributed by atoms with Crippen LogP contribution in [0, 0.1) is 38.9 Å². The molecule has 0 N–H and O–H groups in total. The maximum absolute atomic E-state index is 13.9. The highest BCUT2D eigenvalue weighted by Crippen LogP contribution is 2.48. The first-order chi connectivity index (χ1) is 24.8. The molecule has 0 aromatic heterocycles. The van der Waals surface area contributed by atoms with Crippen molar-refractivity contribution in [2.45, 2.75) is 160 Å². The molecule has 0 aromatic carbocycles. The third kappa shape index (κ3) is 18.8. The van der Waals surface area contributed by atoms with Crippen molar-refractivity contribution in [1.29, 1.82) is 0 Å². The average Bonchev–Trinajstić information content (AvgIpc) is 3.05. The van der Waals surface area contributed by atoms with E-state index in [1.165, 1.54) is 0 Å². The molecule has 0 aliphatic rings. The number of esters is 3. The molecule has 0 radical (unpaired) electrons. The number of carbonyl (C=O) groups is 3. The Labute approximate surface area is 332 Å². The number of nitrogens with zero attached hydrogens (tertiary/aromatic N) is 1. The van der Waals surface area contributed by atoms with Crippen LogP contribution in [0.1, 0.15) is 154 Å². The molecule has 0 amide bonds. The summed E-state index contributed by atoms with van der Waals surface area (Å²) in [5.74, 6) is -0.512. The van der Waals surface area contributed by atoms with Gasteiger partial charge in [0.1, 0.15) is 19.3 Å². The van der Waals surface area contributed by atoms with Crippen LogP contribution in [0.15, 0.2) is 49.1 Å². The summed E-state index contributed by atoms with van der Waals surface area (Å²) in [4.78, 5) is 43.1. The fraction of sp³-hybridized carbons (Fsp3) is 0.766. The van der Waals surface area contributed by atoms with Gasteiger partial charge in [-0.3, -0.25) is 14.4 Å². The van der Waals surface area contributed by atoms with E-state index in [-0.39, 0.29) is 54.3 Å². The smallest absolute Gasteiger partial charge is 0.315 e. The zero-order valence-electron chi connectivity index (χ0n) is 37.6. The average molecular weight is 758 g/mol. The lowest BCUT2D eigenvalue weighted by atomic mass is 9.63. The summed E-state index contributed by atoms with van der Waals surface area (Å²) in [6.45, 7) is 36.5. The van der Waals surface area contributed by atoms with Crippen molar-refractivity contribution < 1.29 is 28.6 Å². The van der Waals surface area contributed by atoms with Gasteiger partial charge in [-0.1, -0.05) is 105 Å². The Morgan fingerprint density at radius 2 is 1.43 bits per heavy atom. The molecule has 0 bridgehead atoms. The molecule has 0 rings (SSSR count). The Hall–Kier alpha value is -2.67. The molecule has 0 saturated carbocycles. The second kappa shape index (κ2) is 23.4.